The van der Waals surface area contributed by atoms with Gasteiger partial charge in [0.25, 0.3) is 0 Å². The van der Waals surface area contributed by atoms with E-state index in [2.05, 4.69) is 24.1 Å². The van der Waals surface area contributed by atoms with E-state index in [1.165, 1.54) is 0 Å². The van der Waals surface area contributed by atoms with E-state index in [0.717, 1.165) is 52.7 Å². The predicted molar refractivity (Wildman–Crippen MR) is 90.5 cm³/mol. The van der Waals surface area contributed by atoms with Crippen molar-refractivity contribution in [1.82, 2.24) is 4.98 Å². The molecular formula is C16H21ClN2OS. The molecule has 0 amide bonds. The molecule has 0 saturated carbocycles. The molecule has 1 aromatic heterocycles. The standard InChI is InChI=1S/C16H21ClN2OS/c1-3-16(4-2)10-11(8-9-20-16)18-15-19-13-7-5-6-12(17)14(13)21-15/h5-7,11H,3-4,8-10H2,1-2H3,(H,18,19). The van der Waals surface area contributed by atoms with E-state index in [1.54, 1.807) is 11.3 Å². The first-order valence-corrected chi connectivity index (χ1v) is 8.81. The van der Waals surface area contributed by atoms with Crippen molar-refractivity contribution < 1.29 is 4.74 Å². The van der Waals surface area contributed by atoms with Crippen molar-refractivity contribution in [2.75, 3.05) is 11.9 Å². The van der Waals surface area contributed by atoms with Gasteiger partial charge in [-0.05, 0) is 37.8 Å². The van der Waals surface area contributed by atoms with Gasteiger partial charge in [-0.2, -0.15) is 0 Å². The highest BCUT2D eigenvalue weighted by Crippen LogP contribution is 2.35. The van der Waals surface area contributed by atoms with Crippen molar-refractivity contribution in [3.8, 4) is 0 Å². The van der Waals surface area contributed by atoms with Gasteiger partial charge in [-0.15, -0.1) is 0 Å². The van der Waals surface area contributed by atoms with Gasteiger partial charge in [0, 0.05) is 12.6 Å². The Morgan fingerprint density at radius 1 is 1.43 bits per heavy atom. The van der Waals surface area contributed by atoms with Gasteiger partial charge in [-0.1, -0.05) is 42.9 Å². The van der Waals surface area contributed by atoms with Crippen LogP contribution < -0.4 is 5.32 Å². The molecule has 3 nitrogen and oxygen atoms in total. The zero-order valence-corrected chi connectivity index (χ0v) is 14.1. The molecule has 1 aliphatic rings. The number of ether oxygens (including phenoxy) is 1. The number of halogens is 1. The normalized spacial score (nSPS) is 21.6. The number of benzene rings is 1. The van der Waals surface area contributed by atoms with Crippen LogP contribution in [0.5, 0.6) is 0 Å². The van der Waals surface area contributed by atoms with Gasteiger partial charge in [-0.3, -0.25) is 0 Å². The van der Waals surface area contributed by atoms with Gasteiger partial charge in [-0.25, -0.2) is 4.98 Å². The number of rotatable bonds is 4. The highest BCUT2D eigenvalue weighted by Gasteiger charge is 2.34. The number of thiazole rings is 1. The van der Waals surface area contributed by atoms with Gasteiger partial charge >= 0.3 is 0 Å². The third-order valence-corrected chi connectivity index (χ3v) is 5.94. The fourth-order valence-corrected chi connectivity index (χ4v) is 4.28. The quantitative estimate of drug-likeness (QED) is 0.849. The van der Waals surface area contributed by atoms with Crippen molar-refractivity contribution in [1.29, 1.82) is 0 Å². The van der Waals surface area contributed by atoms with Crippen LogP contribution in [0.3, 0.4) is 0 Å². The Balaban J connectivity index is 1.77. The Hall–Kier alpha value is -0.840. The summed E-state index contributed by atoms with van der Waals surface area (Å²) in [6.45, 7) is 5.25. The van der Waals surface area contributed by atoms with Gasteiger partial charge < -0.3 is 10.1 Å². The molecule has 5 heteroatoms. The molecule has 0 aliphatic carbocycles. The summed E-state index contributed by atoms with van der Waals surface area (Å²) in [5.74, 6) is 0. The smallest absolute Gasteiger partial charge is 0.184 e. The summed E-state index contributed by atoms with van der Waals surface area (Å²) in [7, 11) is 0. The largest absolute Gasteiger partial charge is 0.375 e. The zero-order valence-electron chi connectivity index (χ0n) is 12.5. The van der Waals surface area contributed by atoms with Crippen LogP contribution >= 0.6 is 22.9 Å². The molecule has 1 N–H and O–H groups in total. The minimum Gasteiger partial charge on any atom is -0.375 e. The van der Waals surface area contributed by atoms with Gasteiger partial charge in [0.1, 0.15) is 0 Å². The summed E-state index contributed by atoms with van der Waals surface area (Å²) in [5.41, 5.74) is 1.00. The van der Waals surface area contributed by atoms with Crippen LogP contribution in [0.4, 0.5) is 5.13 Å². The van der Waals surface area contributed by atoms with Crippen molar-refractivity contribution in [3.05, 3.63) is 23.2 Å². The fourth-order valence-electron chi connectivity index (χ4n) is 3.05. The summed E-state index contributed by atoms with van der Waals surface area (Å²) < 4.78 is 7.09. The third kappa shape index (κ3) is 3.03. The first-order chi connectivity index (χ1) is 10.2. The molecular weight excluding hydrogens is 304 g/mol. The maximum absolute atomic E-state index is 6.23. The molecule has 1 aliphatic heterocycles. The first-order valence-electron chi connectivity index (χ1n) is 7.61. The lowest BCUT2D eigenvalue weighted by molar-refractivity contribution is -0.0864. The zero-order chi connectivity index (χ0) is 14.9. The molecule has 2 aromatic rings. The number of hydrogen-bond donors (Lipinski definition) is 1. The average Bonchev–Trinajstić information content (AvgIpc) is 2.91. The van der Waals surface area contributed by atoms with E-state index < -0.39 is 0 Å². The van der Waals surface area contributed by atoms with Crippen LogP contribution in [0.2, 0.25) is 5.02 Å². The Labute approximate surface area is 134 Å². The van der Waals surface area contributed by atoms with E-state index >= 15 is 0 Å². The van der Waals surface area contributed by atoms with Crippen LogP contribution in [0.1, 0.15) is 39.5 Å². The maximum atomic E-state index is 6.23. The predicted octanol–water partition coefficient (Wildman–Crippen LogP) is 5.10. The monoisotopic (exact) mass is 324 g/mol. The molecule has 0 bridgehead atoms. The van der Waals surface area contributed by atoms with Gasteiger partial charge in [0.15, 0.2) is 5.13 Å². The second kappa shape index (κ2) is 6.11. The van der Waals surface area contributed by atoms with Crippen molar-refractivity contribution in [3.63, 3.8) is 0 Å². The third-order valence-electron chi connectivity index (χ3n) is 4.48. The molecule has 1 aromatic carbocycles. The van der Waals surface area contributed by atoms with Crippen molar-refractivity contribution >= 4 is 38.3 Å². The number of nitrogens with one attached hydrogen (secondary N) is 1. The lowest BCUT2D eigenvalue weighted by atomic mass is 9.86. The van der Waals surface area contributed by atoms with E-state index in [1.807, 2.05) is 18.2 Å². The van der Waals surface area contributed by atoms with Crippen LogP contribution in [0.15, 0.2) is 18.2 Å². The lowest BCUT2D eigenvalue weighted by Gasteiger charge is -2.40. The highest BCUT2D eigenvalue weighted by molar-refractivity contribution is 7.22. The Morgan fingerprint density at radius 3 is 2.95 bits per heavy atom. The molecule has 1 saturated heterocycles. The number of aromatic nitrogens is 1. The first kappa shape index (κ1) is 15.1. The summed E-state index contributed by atoms with van der Waals surface area (Å²) in [5, 5.41) is 5.33. The molecule has 0 spiro atoms. The Bertz CT molecular complexity index is 624. The molecule has 3 rings (SSSR count). The SMILES string of the molecule is CCC1(CC)CC(Nc2nc3cccc(Cl)c3s2)CCO1. The van der Waals surface area contributed by atoms with Crippen molar-refractivity contribution in [2.45, 2.75) is 51.2 Å². The van der Waals surface area contributed by atoms with Crippen LogP contribution in [-0.2, 0) is 4.74 Å². The highest BCUT2D eigenvalue weighted by atomic mass is 35.5. The summed E-state index contributed by atoms with van der Waals surface area (Å²) in [6.07, 6.45) is 4.20. The molecule has 1 fully saturated rings. The number of anilines is 1. The molecule has 2 heterocycles. The molecule has 114 valence electrons. The molecule has 0 radical (unpaired) electrons. The fraction of sp³-hybridized carbons (Fsp3) is 0.562. The number of nitrogens with zero attached hydrogens (tertiary/aromatic N) is 1. The van der Waals surface area contributed by atoms with Crippen LogP contribution in [0.25, 0.3) is 10.2 Å². The van der Waals surface area contributed by atoms with E-state index in [0.29, 0.717) is 6.04 Å². The molecule has 1 unspecified atom stereocenters. The minimum atomic E-state index is 0.0320. The molecule has 1 atom stereocenters. The van der Waals surface area contributed by atoms with Gasteiger partial charge in [0.2, 0.25) is 0 Å². The number of hydrogen-bond acceptors (Lipinski definition) is 4. The summed E-state index contributed by atoms with van der Waals surface area (Å²) in [6, 6.07) is 6.30. The maximum Gasteiger partial charge on any atom is 0.184 e. The topological polar surface area (TPSA) is 34.2 Å². The van der Waals surface area contributed by atoms with Crippen LogP contribution in [0, 0.1) is 0 Å². The number of fused-ring (bicyclic) bond motifs is 1. The summed E-state index contributed by atoms with van der Waals surface area (Å²) >= 11 is 7.86. The average molecular weight is 325 g/mol. The van der Waals surface area contributed by atoms with Gasteiger partial charge in [0.05, 0.1) is 20.8 Å². The van der Waals surface area contributed by atoms with E-state index in [4.69, 9.17) is 16.3 Å². The molecule has 21 heavy (non-hydrogen) atoms. The van der Waals surface area contributed by atoms with E-state index in [9.17, 15) is 0 Å². The minimum absolute atomic E-state index is 0.0320. The van der Waals surface area contributed by atoms with Crippen LogP contribution in [-0.4, -0.2) is 23.2 Å². The lowest BCUT2D eigenvalue weighted by Crippen LogP contribution is -2.43. The van der Waals surface area contributed by atoms with E-state index in [-0.39, 0.29) is 5.60 Å². The summed E-state index contributed by atoms with van der Waals surface area (Å²) in [4.78, 5) is 4.65. The second-order valence-corrected chi connectivity index (χ2v) is 7.09. The van der Waals surface area contributed by atoms with Crippen molar-refractivity contribution in [2.24, 2.45) is 0 Å². The second-order valence-electron chi connectivity index (χ2n) is 5.68. The Kier molecular flexibility index (Phi) is 4.38. The Morgan fingerprint density at radius 2 is 2.24 bits per heavy atom.